The third-order valence-electron chi connectivity index (χ3n) is 3.52. The van der Waals surface area contributed by atoms with Gasteiger partial charge in [-0.15, -0.1) is 0 Å². The molecule has 0 saturated carbocycles. The van der Waals surface area contributed by atoms with Crippen molar-refractivity contribution in [2.24, 2.45) is 0 Å². The van der Waals surface area contributed by atoms with Crippen LogP contribution < -0.4 is 11.1 Å². The fourth-order valence-electron chi connectivity index (χ4n) is 2.33. The Morgan fingerprint density at radius 1 is 1.63 bits per heavy atom. The Hall–Kier alpha value is -1.56. The number of nitrogen functional groups attached to an aromatic ring is 1. The van der Waals surface area contributed by atoms with Gasteiger partial charge in [-0.1, -0.05) is 13.3 Å². The van der Waals surface area contributed by atoms with Crippen LogP contribution in [0, 0.1) is 0 Å². The van der Waals surface area contributed by atoms with Gasteiger partial charge in [0.25, 0.3) is 5.91 Å². The highest BCUT2D eigenvalue weighted by Crippen LogP contribution is 2.24. The minimum absolute atomic E-state index is 0.243. The molecular formula is C13H22N4O2. The van der Waals surface area contributed by atoms with Gasteiger partial charge in [0, 0.05) is 13.2 Å². The molecule has 1 atom stereocenters. The summed E-state index contributed by atoms with van der Waals surface area (Å²) in [6.45, 7) is 5.31. The smallest absolute Gasteiger partial charge is 0.274 e. The number of rotatable bonds is 5. The Morgan fingerprint density at radius 3 is 3.05 bits per heavy atom. The molecule has 4 N–H and O–H groups in total. The van der Waals surface area contributed by atoms with Crippen molar-refractivity contribution in [2.75, 3.05) is 18.9 Å². The van der Waals surface area contributed by atoms with Crippen LogP contribution in [0.4, 0.5) is 5.69 Å². The number of nitrogens with two attached hydrogens (primary N) is 1. The molecule has 1 aliphatic heterocycles. The van der Waals surface area contributed by atoms with E-state index in [4.69, 9.17) is 10.5 Å². The molecule has 1 saturated heterocycles. The summed E-state index contributed by atoms with van der Waals surface area (Å²) in [6.07, 6.45) is 3.76. The van der Waals surface area contributed by atoms with Gasteiger partial charge < -0.3 is 15.8 Å². The van der Waals surface area contributed by atoms with Gasteiger partial charge in [0.2, 0.25) is 0 Å². The lowest BCUT2D eigenvalue weighted by Gasteiger charge is -2.23. The van der Waals surface area contributed by atoms with Crippen molar-refractivity contribution in [3.8, 4) is 0 Å². The second kappa shape index (κ2) is 5.61. The summed E-state index contributed by atoms with van der Waals surface area (Å²) in [7, 11) is 0. The second-order valence-electron chi connectivity index (χ2n) is 5.30. The number of amides is 1. The van der Waals surface area contributed by atoms with Crippen LogP contribution in [-0.2, 0) is 11.2 Å². The maximum atomic E-state index is 12.1. The average Bonchev–Trinajstić information content (AvgIpc) is 2.96. The van der Waals surface area contributed by atoms with E-state index in [1.165, 1.54) is 0 Å². The first-order chi connectivity index (χ1) is 9.06. The molecule has 0 aromatic carbocycles. The summed E-state index contributed by atoms with van der Waals surface area (Å²) in [5.74, 6) is -0.243. The van der Waals surface area contributed by atoms with Crippen molar-refractivity contribution in [1.29, 1.82) is 0 Å². The molecule has 2 heterocycles. The molecule has 1 aromatic rings. The summed E-state index contributed by atoms with van der Waals surface area (Å²) in [5, 5.41) is 9.68. The van der Waals surface area contributed by atoms with E-state index >= 15 is 0 Å². The van der Waals surface area contributed by atoms with E-state index in [0.29, 0.717) is 12.2 Å². The van der Waals surface area contributed by atoms with Crippen LogP contribution in [0.15, 0.2) is 0 Å². The Labute approximate surface area is 113 Å². The number of nitrogens with one attached hydrogen (secondary N) is 2. The molecule has 1 aromatic heterocycles. The number of H-pyrrole nitrogens is 1. The molecule has 0 bridgehead atoms. The van der Waals surface area contributed by atoms with Gasteiger partial charge in [-0.05, 0) is 26.2 Å². The lowest BCUT2D eigenvalue weighted by molar-refractivity contribution is 0.0205. The van der Waals surface area contributed by atoms with Crippen LogP contribution >= 0.6 is 0 Å². The van der Waals surface area contributed by atoms with Gasteiger partial charge in [0.1, 0.15) is 0 Å². The van der Waals surface area contributed by atoms with Crippen LogP contribution in [0.2, 0.25) is 0 Å². The molecule has 1 amide bonds. The molecule has 1 aliphatic rings. The highest BCUT2D eigenvalue weighted by molar-refractivity contribution is 5.97. The third kappa shape index (κ3) is 3.07. The number of ether oxygens (including phenoxy) is 1. The summed E-state index contributed by atoms with van der Waals surface area (Å²) in [5.41, 5.74) is 7.23. The predicted molar refractivity (Wildman–Crippen MR) is 72.9 cm³/mol. The van der Waals surface area contributed by atoms with E-state index < -0.39 is 0 Å². The van der Waals surface area contributed by atoms with Crippen LogP contribution in [0.3, 0.4) is 0 Å². The van der Waals surface area contributed by atoms with E-state index in [1.807, 2.05) is 6.92 Å². The van der Waals surface area contributed by atoms with E-state index in [2.05, 4.69) is 22.4 Å². The number of aryl methyl sites for hydroxylation is 1. The van der Waals surface area contributed by atoms with Gasteiger partial charge >= 0.3 is 0 Å². The lowest BCUT2D eigenvalue weighted by Crippen LogP contribution is -2.40. The van der Waals surface area contributed by atoms with E-state index in [9.17, 15) is 4.79 Å². The number of anilines is 1. The predicted octanol–water partition coefficient (Wildman–Crippen LogP) is 1.24. The summed E-state index contributed by atoms with van der Waals surface area (Å²) >= 11 is 0. The number of carbonyl (C=O) groups is 1. The highest BCUT2D eigenvalue weighted by atomic mass is 16.5. The monoisotopic (exact) mass is 266 g/mol. The van der Waals surface area contributed by atoms with Crippen molar-refractivity contribution in [1.82, 2.24) is 15.5 Å². The van der Waals surface area contributed by atoms with Crippen molar-refractivity contribution in [2.45, 2.75) is 45.1 Å². The molecule has 6 heteroatoms. The van der Waals surface area contributed by atoms with Crippen molar-refractivity contribution in [3.63, 3.8) is 0 Å². The molecule has 1 fully saturated rings. The standard InChI is InChI=1S/C13H22N4O2/c1-3-5-9-10(14)11(17-16-9)12(18)15-8-13(2)6-4-7-19-13/h3-8,14H2,1-2H3,(H,15,18)(H,16,17). The number of aromatic amines is 1. The molecule has 19 heavy (non-hydrogen) atoms. The minimum Gasteiger partial charge on any atom is -0.395 e. The van der Waals surface area contributed by atoms with Gasteiger partial charge in [-0.25, -0.2) is 0 Å². The Kier molecular flexibility index (Phi) is 4.09. The maximum Gasteiger partial charge on any atom is 0.274 e. The zero-order valence-electron chi connectivity index (χ0n) is 11.6. The number of aromatic nitrogens is 2. The zero-order chi connectivity index (χ0) is 13.9. The zero-order valence-corrected chi connectivity index (χ0v) is 11.6. The van der Waals surface area contributed by atoms with E-state index in [-0.39, 0.29) is 17.2 Å². The van der Waals surface area contributed by atoms with Crippen LogP contribution in [0.5, 0.6) is 0 Å². The van der Waals surface area contributed by atoms with E-state index in [1.54, 1.807) is 0 Å². The van der Waals surface area contributed by atoms with Crippen molar-refractivity contribution in [3.05, 3.63) is 11.4 Å². The van der Waals surface area contributed by atoms with Crippen molar-refractivity contribution >= 4 is 11.6 Å². The third-order valence-corrected chi connectivity index (χ3v) is 3.52. The SMILES string of the molecule is CCCc1[nH]nc(C(=O)NCC2(C)CCCO2)c1N. The molecule has 2 rings (SSSR count). The Balaban J connectivity index is 1.96. The number of hydrogen-bond acceptors (Lipinski definition) is 4. The minimum atomic E-state index is -0.257. The first-order valence-electron chi connectivity index (χ1n) is 6.80. The maximum absolute atomic E-state index is 12.1. The van der Waals surface area contributed by atoms with Gasteiger partial charge in [-0.3, -0.25) is 9.89 Å². The Morgan fingerprint density at radius 2 is 2.42 bits per heavy atom. The average molecular weight is 266 g/mol. The highest BCUT2D eigenvalue weighted by Gasteiger charge is 2.30. The second-order valence-corrected chi connectivity index (χ2v) is 5.30. The quantitative estimate of drug-likeness (QED) is 0.747. The molecular weight excluding hydrogens is 244 g/mol. The number of carbonyl (C=O) groups excluding carboxylic acids is 1. The molecule has 6 nitrogen and oxygen atoms in total. The normalized spacial score (nSPS) is 22.6. The number of nitrogens with zero attached hydrogens (tertiary/aromatic N) is 1. The fraction of sp³-hybridized carbons (Fsp3) is 0.692. The van der Waals surface area contributed by atoms with Gasteiger partial charge in [0.05, 0.1) is 17.0 Å². The Bertz CT molecular complexity index is 449. The van der Waals surface area contributed by atoms with E-state index in [0.717, 1.165) is 38.0 Å². The van der Waals surface area contributed by atoms with Crippen LogP contribution in [0.1, 0.15) is 49.3 Å². The topological polar surface area (TPSA) is 93.0 Å². The van der Waals surface area contributed by atoms with Gasteiger partial charge in [0.15, 0.2) is 5.69 Å². The fourth-order valence-corrected chi connectivity index (χ4v) is 2.33. The summed E-state index contributed by atoms with van der Waals surface area (Å²) in [4.78, 5) is 12.1. The van der Waals surface area contributed by atoms with Crippen molar-refractivity contribution < 1.29 is 9.53 Å². The number of hydrogen-bond donors (Lipinski definition) is 3. The molecule has 0 radical (unpaired) electrons. The van der Waals surface area contributed by atoms with Crippen LogP contribution in [-0.4, -0.2) is 34.9 Å². The lowest BCUT2D eigenvalue weighted by atomic mass is 10.0. The first kappa shape index (κ1) is 13.9. The molecule has 106 valence electrons. The van der Waals surface area contributed by atoms with Crippen LogP contribution in [0.25, 0.3) is 0 Å². The molecule has 1 unspecified atom stereocenters. The largest absolute Gasteiger partial charge is 0.395 e. The summed E-state index contributed by atoms with van der Waals surface area (Å²) in [6, 6.07) is 0. The molecule has 0 aliphatic carbocycles. The summed E-state index contributed by atoms with van der Waals surface area (Å²) < 4.78 is 5.63. The first-order valence-corrected chi connectivity index (χ1v) is 6.80. The molecule has 0 spiro atoms. The van der Waals surface area contributed by atoms with Gasteiger partial charge in [-0.2, -0.15) is 5.10 Å².